The first-order valence-corrected chi connectivity index (χ1v) is 10.2. The quantitative estimate of drug-likeness (QED) is 0.727. The second-order valence-corrected chi connectivity index (χ2v) is 8.16. The third kappa shape index (κ3) is 4.35. The zero-order chi connectivity index (χ0) is 19.4. The second kappa shape index (κ2) is 7.63. The van der Waals surface area contributed by atoms with Gasteiger partial charge in [-0.15, -0.1) is 0 Å². The number of benzene rings is 3. The normalized spacial score (nSPS) is 11.0. The summed E-state index contributed by atoms with van der Waals surface area (Å²) in [5, 5.41) is 2.92. The van der Waals surface area contributed by atoms with Gasteiger partial charge < -0.3 is 5.32 Å². The van der Waals surface area contributed by atoms with Crippen molar-refractivity contribution in [1.29, 1.82) is 0 Å². The third-order valence-corrected chi connectivity index (χ3v) is 5.44. The number of hydrogen-bond donors (Lipinski definition) is 1. The zero-order valence-electron chi connectivity index (χ0n) is 15.1. The summed E-state index contributed by atoms with van der Waals surface area (Å²) in [5.41, 5.74) is 3.41. The van der Waals surface area contributed by atoms with Crippen LogP contribution in [0.5, 0.6) is 0 Å². The molecular weight excluding hydrogens is 360 g/mol. The summed E-state index contributed by atoms with van der Waals surface area (Å²) in [6.07, 6.45) is 1.12. The number of amides is 1. The van der Waals surface area contributed by atoms with Crippen LogP contribution in [-0.4, -0.2) is 27.6 Å². The fourth-order valence-corrected chi connectivity index (χ4v) is 3.19. The Labute approximate surface area is 159 Å². The van der Waals surface area contributed by atoms with E-state index in [1.165, 1.54) is 7.05 Å². The molecule has 0 atom stereocenters. The minimum atomic E-state index is -3.40. The molecule has 0 unspecified atom stereocenters. The highest BCUT2D eigenvalue weighted by Gasteiger charge is 2.15. The van der Waals surface area contributed by atoms with Gasteiger partial charge in [0, 0.05) is 23.9 Å². The molecule has 0 saturated heterocycles. The third-order valence-electron chi connectivity index (χ3n) is 4.23. The molecule has 0 spiro atoms. The van der Waals surface area contributed by atoms with Crippen LogP contribution in [0, 0.1) is 0 Å². The van der Waals surface area contributed by atoms with Crippen LogP contribution in [0.2, 0.25) is 0 Å². The molecule has 27 heavy (non-hydrogen) atoms. The van der Waals surface area contributed by atoms with E-state index in [9.17, 15) is 13.2 Å². The Morgan fingerprint density at radius 3 is 2.26 bits per heavy atom. The van der Waals surface area contributed by atoms with Crippen LogP contribution in [0.1, 0.15) is 10.4 Å². The van der Waals surface area contributed by atoms with Gasteiger partial charge in [0.2, 0.25) is 10.0 Å². The van der Waals surface area contributed by atoms with Gasteiger partial charge in [-0.25, -0.2) is 8.42 Å². The predicted molar refractivity (Wildman–Crippen MR) is 110 cm³/mol. The molecule has 0 aliphatic carbocycles. The summed E-state index contributed by atoms with van der Waals surface area (Å²) < 4.78 is 24.6. The van der Waals surface area contributed by atoms with Gasteiger partial charge in [-0.3, -0.25) is 9.10 Å². The van der Waals surface area contributed by atoms with E-state index in [4.69, 9.17) is 0 Å². The lowest BCUT2D eigenvalue weighted by Gasteiger charge is -2.17. The van der Waals surface area contributed by atoms with Crippen LogP contribution in [0.3, 0.4) is 0 Å². The predicted octanol–water partition coefficient (Wildman–Crippen LogP) is 4.00. The van der Waals surface area contributed by atoms with Crippen LogP contribution in [0.4, 0.5) is 11.4 Å². The van der Waals surface area contributed by atoms with E-state index in [-0.39, 0.29) is 5.91 Å². The molecule has 6 heteroatoms. The average molecular weight is 380 g/mol. The SMILES string of the molecule is CN(c1cccc(C(=O)Nc2ccccc2-c2ccccc2)c1)S(C)(=O)=O. The molecule has 3 aromatic carbocycles. The molecule has 0 fully saturated rings. The average Bonchev–Trinajstić information content (AvgIpc) is 2.68. The van der Waals surface area contributed by atoms with Crippen molar-refractivity contribution in [3.05, 3.63) is 84.4 Å². The maximum atomic E-state index is 12.7. The fourth-order valence-electron chi connectivity index (χ4n) is 2.69. The molecule has 0 aliphatic heterocycles. The molecule has 3 rings (SSSR count). The molecule has 0 bridgehead atoms. The highest BCUT2D eigenvalue weighted by atomic mass is 32.2. The number of nitrogens with one attached hydrogen (secondary N) is 1. The first kappa shape index (κ1) is 18.7. The highest BCUT2D eigenvalue weighted by Crippen LogP contribution is 2.28. The molecule has 0 saturated carbocycles. The van der Waals surface area contributed by atoms with Crippen molar-refractivity contribution in [3.63, 3.8) is 0 Å². The summed E-state index contributed by atoms with van der Waals surface area (Å²) in [4.78, 5) is 12.7. The van der Waals surface area contributed by atoms with Crippen molar-refractivity contribution in [2.24, 2.45) is 0 Å². The van der Waals surface area contributed by atoms with E-state index in [0.29, 0.717) is 16.9 Å². The lowest BCUT2D eigenvalue weighted by atomic mass is 10.0. The first-order valence-electron chi connectivity index (χ1n) is 8.36. The number of anilines is 2. The van der Waals surface area contributed by atoms with E-state index >= 15 is 0 Å². The number of nitrogens with zero attached hydrogens (tertiary/aromatic N) is 1. The Kier molecular flexibility index (Phi) is 5.28. The van der Waals surface area contributed by atoms with Gasteiger partial charge in [0.05, 0.1) is 11.9 Å². The first-order chi connectivity index (χ1) is 12.9. The van der Waals surface area contributed by atoms with Crippen LogP contribution in [0.15, 0.2) is 78.9 Å². The molecule has 1 amide bonds. The van der Waals surface area contributed by atoms with Crippen molar-refractivity contribution >= 4 is 27.3 Å². The van der Waals surface area contributed by atoms with Crippen molar-refractivity contribution in [1.82, 2.24) is 0 Å². The maximum Gasteiger partial charge on any atom is 0.255 e. The monoisotopic (exact) mass is 380 g/mol. The summed E-state index contributed by atoms with van der Waals surface area (Å²) >= 11 is 0. The number of para-hydroxylation sites is 1. The van der Waals surface area contributed by atoms with Crippen molar-refractivity contribution < 1.29 is 13.2 Å². The van der Waals surface area contributed by atoms with Gasteiger partial charge in [-0.1, -0.05) is 54.6 Å². The summed E-state index contributed by atoms with van der Waals surface area (Å²) in [6.45, 7) is 0. The maximum absolute atomic E-state index is 12.7. The summed E-state index contributed by atoms with van der Waals surface area (Å²) in [5.74, 6) is -0.304. The molecule has 138 valence electrons. The van der Waals surface area contributed by atoms with Gasteiger partial charge in [-0.2, -0.15) is 0 Å². The van der Waals surface area contributed by atoms with E-state index in [1.54, 1.807) is 24.3 Å². The Hall–Kier alpha value is -3.12. The van der Waals surface area contributed by atoms with Gasteiger partial charge in [-0.05, 0) is 29.8 Å². The van der Waals surface area contributed by atoms with Gasteiger partial charge in [0.1, 0.15) is 0 Å². The number of hydrogen-bond acceptors (Lipinski definition) is 3. The number of sulfonamides is 1. The smallest absolute Gasteiger partial charge is 0.255 e. The minimum absolute atomic E-state index is 0.304. The fraction of sp³-hybridized carbons (Fsp3) is 0.0952. The van der Waals surface area contributed by atoms with Gasteiger partial charge in [0.25, 0.3) is 5.91 Å². The molecule has 5 nitrogen and oxygen atoms in total. The highest BCUT2D eigenvalue weighted by molar-refractivity contribution is 7.92. The minimum Gasteiger partial charge on any atom is -0.321 e. The van der Waals surface area contributed by atoms with Crippen LogP contribution < -0.4 is 9.62 Å². The standard InChI is InChI=1S/C21H20N2O3S/c1-23(27(2,25)26)18-12-8-11-17(15-18)21(24)22-20-14-7-6-13-19(20)16-9-4-3-5-10-16/h3-15H,1-2H3,(H,22,24). The van der Waals surface area contributed by atoms with E-state index in [0.717, 1.165) is 21.7 Å². The summed E-state index contributed by atoms with van der Waals surface area (Å²) in [7, 11) is -1.94. The second-order valence-electron chi connectivity index (χ2n) is 6.15. The number of rotatable bonds is 5. The van der Waals surface area contributed by atoms with Crippen molar-refractivity contribution in [3.8, 4) is 11.1 Å². The van der Waals surface area contributed by atoms with Crippen molar-refractivity contribution in [2.45, 2.75) is 0 Å². The lowest BCUT2D eigenvalue weighted by molar-refractivity contribution is 0.102. The Bertz CT molecular complexity index is 1060. The van der Waals surface area contributed by atoms with Crippen LogP contribution in [0.25, 0.3) is 11.1 Å². The Morgan fingerprint density at radius 2 is 1.56 bits per heavy atom. The van der Waals surface area contributed by atoms with E-state index in [1.807, 2.05) is 54.6 Å². The molecule has 3 aromatic rings. The Morgan fingerprint density at radius 1 is 0.889 bits per heavy atom. The van der Waals surface area contributed by atoms with Crippen LogP contribution >= 0.6 is 0 Å². The zero-order valence-corrected chi connectivity index (χ0v) is 15.9. The molecular formula is C21H20N2O3S. The van der Waals surface area contributed by atoms with Gasteiger partial charge >= 0.3 is 0 Å². The molecule has 0 radical (unpaired) electrons. The topological polar surface area (TPSA) is 66.5 Å². The van der Waals surface area contributed by atoms with Crippen molar-refractivity contribution in [2.75, 3.05) is 22.9 Å². The molecule has 0 aromatic heterocycles. The summed E-state index contributed by atoms with van der Waals surface area (Å²) in [6, 6.07) is 23.9. The Balaban J connectivity index is 1.90. The largest absolute Gasteiger partial charge is 0.321 e. The van der Waals surface area contributed by atoms with E-state index in [2.05, 4.69) is 5.32 Å². The molecule has 1 N–H and O–H groups in total. The van der Waals surface area contributed by atoms with Gasteiger partial charge in [0.15, 0.2) is 0 Å². The van der Waals surface area contributed by atoms with Crippen LogP contribution in [-0.2, 0) is 10.0 Å². The number of carbonyl (C=O) groups is 1. The van der Waals surface area contributed by atoms with E-state index < -0.39 is 10.0 Å². The molecule has 0 aliphatic rings. The number of carbonyl (C=O) groups excluding carboxylic acids is 1. The molecule has 0 heterocycles. The lowest BCUT2D eigenvalue weighted by Crippen LogP contribution is -2.25.